The van der Waals surface area contributed by atoms with Crippen LogP contribution in [0.5, 0.6) is 0 Å². The number of hydrogen-bond acceptors (Lipinski definition) is 2. The zero-order valence-electron chi connectivity index (χ0n) is 11.5. The van der Waals surface area contributed by atoms with Gasteiger partial charge in [0, 0.05) is 10.9 Å². The molecule has 0 heterocycles. The van der Waals surface area contributed by atoms with Gasteiger partial charge in [0.15, 0.2) is 0 Å². The van der Waals surface area contributed by atoms with E-state index >= 15 is 0 Å². The molecule has 0 bridgehead atoms. The third-order valence-electron chi connectivity index (χ3n) is 3.88. The topological polar surface area (TPSA) is 29.1 Å². The second-order valence-corrected chi connectivity index (χ2v) is 7.06. The number of benzene rings is 1. The van der Waals surface area contributed by atoms with Crippen molar-refractivity contribution in [3.05, 3.63) is 29.8 Å². The number of hydrogen-bond donors (Lipinski definition) is 1. The van der Waals surface area contributed by atoms with Crippen molar-refractivity contribution in [3.63, 3.8) is 0 Å². The van der Waals surface area contributed by atoms with Crippen LogP contribution in [0.1, 0.15) is 44.6 Å². The lowest BCUT2D eigenvalue weighted by atomic mass is 10.0. The molecule has 0 spiro atoms. The van der Waals surface area contributed by atoms with Crippen molar-refractivity contribution in [2.24, 2.45) is 0 Å². The summed E-state index contributed by atoms with van der Waals surface area (Å²) < 4.78 is 12.6. The van der Waals surface area contributed by atoms with Crippen LogP contribution in [0.2, 0.25) is 0 Å². The lowest BCUT2D eigenvalue weighted by Crippen LogP contribution is -2.35. The van der Waals surface area contributed by atoms with Gasteiger partial charge in [-0.25, -0.2) is 0 Å². The molecule has 0 saturated heterocycles. The van der Waals surface area contributed by atoms with E-state index in [9.17, 15) is 4.21 Å². The maximum Gasteiger partial charge on any atom is 0.0576 e. The van der Waals surface area contributed by atoms with Crippen molar-refractivity contribution in [1.29, 1.82) is 0 Å². The first kappa shape index (κ1) is 13.8. The maximum atomic E-state index is 12.6. The molecule has 2 nitrogen and oxygen atoms in total. The van der Waals surface area contributed by atoms with Crippen LogP contribution in [-0.2, 0) is 10.8 Å². The Hall–Kier alpha value is -0.670. The average Bonchev–Trinajstić information content (AvgIpc) is 2.86. The molecule has 0 amide bonds. The molecule has 18 heavy (non-hydrogen) atoms. The molecule has 1 saturated carbocycles. The van der Waals surface area contributed by atoms with Gasteiger partial charge in [-0.1, -0.05) is 32.4 Å². The smallest absolute Gasteiger partial charge is 0.0576 e. The summed E-state index contributed by atoms with van der Waals surface area (Å²) in [5, 5.41) is 3.58. The highest BCUT2D eigenvalue weighted by Gasteiger charge is 2.31. The van der Waals surface area contributed by atoms with Crippen LogP contribution in [0.4, 0.5) is 0 Å². The van der Waals surface area contributed by atoms with Gasteiger partial charge < -0.3 is 5.32 Å². The Morgan fingerprint density at radius 3 is 2.44 bits per heavy atom. The van der Waals surface area contributed by atoms with Crippen molar-refractivity contribution in [1.82, 2.24) is 5.32 Å². The molecule has 1 fully saturated rings. The summed E-state index contributed by atoms with van der Waals surface area (Å²) in [5.74, 6) is 0.532. The molecule has 1 aromatic rings. The molecule has 3 atom stereocenters. The highest BCUT2D eigenvalue weighted by Crippen LogP contribution is 2.28. The molecule has 1 N–H and O–H groups in total. The molecule has 100 valence electrons. The zero-order valence-corrected chi connectivity index (χ0v) is 12.3. The molecule has 3 heteroatoms. The van der Waals surface area contributed by atoms with Gasteiger partial charge in [-0.3, -0.25) is 4.21 Å². The first-order valence-electron chi connectivity index (χ1n) is 6.81. The van der Waals surface area contributed by atoms with E-state index in [0.29, 0.717) is 12.0 Å². The molecule has 1 aromatic carbocycles. The van der Waals surface area contributed by atoms with Gasteiger partial charge in [0.2, 0.25) is 0 Å². The minimum atomic E-state index is -0.873. The molecule has 0 aliphatic heterocycles. The lowest BCUT2D eigenvalue weighted by molar-refractivity contribution is 0.576. The second-order valence-electron chi connectivity index (χ2n) is 5.39. The van der Waals surface area contributed by atoms with Crippen molar-refractivity contribution < 1.29 is 4.21 Å². The van der Waals surface area contributed by atoms with Crippen LogP contribution >= 0.6 is 0 Å². The molecular weight excluding hydrogens is 242 g/mol. The predicted octanol–water partition coefficient (Wildman–Crippen LogP) is 3.06. The Morgan fingerprint density at radius 2 is 1.89 bits per heavy atom. The van der Waals surface area contributed by atoms with Gasteiger partial charge in [-0.2, -0.15) is 0 Å². The zero-order chi connectivity index (χ0) is 13.1. The van der Waals surface area contributed by atoms with E-state index in [1.165, 1.54) is 12.0 Å². The van der Waals surface area contributed by atoms with Gasteiger partial charge in [0.25, 0.3) is 0 Å². The van der Waals surface area contributed by atoms with Crippen molar-refractivity contribution in [2.75, 3.05) is 7.05 Å². The standard InChI is InChI=1S/C15H23NOS/c1-11(2)12-7-9-13(10-8-12)18(17)15-6-4-5-14(15)16-3/h7-11,14-16H,4-6H2,1-3H3. The van der Waals surface area contributed by atoms with Crippen LogP contribution < -0.4 is 5.32 Å². The quantitative estimate of drug-likeness (QED) is 0.906. The number of nitrogens with one attached hydrogen (secondary N) is 1. The monoisotopic (exact) mass is 265 g/mol. The van der Waals surface area contributed by atoms with Gasteiger partial charge in [-0.05, 0) is 43.5 Å². The average molecular weight is 265 g/mol. The molecule has 1 aliphatic rings. The Kier molecular flexibility index (Phi) is 4.57. The van der Waals surface area contributed by atoms with E-state index < -0.39 is 10.8 Å². The Bertz CT molecular complexity index is 413. The fourth-order valence-electron chi connectivity index (χ4n) is 2.67. The molecular formula is C15H23NOS. The summed E-state index contributed by atoms with van der Waals surface area (Å²) in [7, 11) is 1.10. The van der Waals surface area contributed by atoms with E-state index in [1.54, 1.807) is 0 Å². The van der Waals surface area contributed by atoms with E-state index in [0.717, 1.165) is 17.7 Å². The molecule has 2 rings (SSSR count). The van der Waals surface area contributed by atoms with Crippen molar-refractivity contribution >= 4 is 10.8 Å². The van der Waals surface area contributed by atoms with E-state index in [2.05, 4.69) is 31.3 Å². The second kappa shape index (κ2) is 5.98. The Balaban J connectivity index is 2.13. The highest BCUT2D eigenvalue weighted by atomic mass is 32.2. The van der Waals surface area contributed by atoms with Gasteiger partial charge in [0.05, 0.1) is 16.0 Å². The largest absolute Gasteiger partial charge is 0.316 e. The first-order chi connectivity index (χ1) is 8.63. The first-order valence-corrected chi connectivity index (χ1v) is 8.02. The van der Waals surface area contributed by atoms with Gasteiger partial charge in [0.1, 0.15) is 0 Å². The fourth-order valence-corrected chi connectivity index (χ4v) is 4.38. The maximum absolute atomic E-state index is 12.6. The minimum Gasteiger partial charge on any atom is -0.316 e. The lowest BCUT2D eigenvalue weighted by Gasteiger charge is -2.18. The summed E-state index contributed by atoms with van der Waals surface area (Å²) in [4.78, 5) is 0.978. The summed E-state index contributed by atoms with van der Waals surface area (Å²) in [6.45, 7) is 4.36. The third-order valence-corrected chi connectivity index (χ3v) is 5.73. The van der Waals surface area contributed by atoms with Gasteiger partial charge >= 0.3 is 0 Å². The van der Waals surface area contributed by atoms with Crippen LogP contribution in [0.3, 0.4) is 0 Å². The fraction of sp³-hybridized carbons (Fsp3) is 0.600. The summed E-state index contributed by atoms with van der Waals surface area (Å²) in [5.41, 5.74) is 1.31. The molecule has 1 aliphatic carbocycles. The van der Waals surface area contributed by atoms with Gasteiger partial charge in [-0.15, -0.1) is 0 Å². The SMILES string of the molecule is CNC1CCCC1S(=O)c1ccc(C(C)C)cc1. The minimum absolute atomic E-state index is 0.278. The molecule has 3 unspecified atom stereocenters. The van der Waals surface area contributed by atoms with Crippen LogP contribution in [0.15, 0.2) is 29.2 Å². The third kappa shape index (κ3) is 2.83. The highest BCUT2D eigenvalue weighted by molar-refractivity contribution is 7.85. The van der Waals surface area contributed by atoms with Crippen LogP contribution in [0, 0.1) is 0 Å². The Labute approximate surface area is 113 Å². The van der Waals surface area contributed by atoms with Crippen LogP contribution in [0.25, 0.3) is 0 Å². The van der Waals surface area contributed by atoms with E-state index in [-0.39, 0.29) is 5.25 Å². The number of rotatable bonds is 4. The normalized spacial score (nSPS) is 25.6. The summed E-state index contributed by atoms with van der Waals surface area (Å²) >= 11 is 0. The molecule has 0 aromatic heterocycles. The van der Waals surface area contributed by atoms with Crippen molar-refractivity contribution in [3.8, 4) is 0 Å². The van der Waals surface area contributed by atoms with E-state index in [4.69, 9.17) is 0 Å². The summed E-state index contributed by atoms with van der Waals surface area (Å²) in [6, 6.07) is 8.71. The van der Waals surface area contributed by atoms with E-state index in [1.807, 2.05) is 19.2 Å². The van der Waals surface area contributed by atoms with Crippen molar-refractivity contribution in [2.45, 2.75) is 55.2 Å². The Morgan fingerprint density at radius 1 is 1.22 bits per heavy atom. The van der Waals surface area contributed by atoms with Crippen LogP contribution in [-0.4, -0.2) is 22.5 Å². The predicted molar refractivity (Wildman–Crippen MR) is 77.4 cm³/mol. The summed E-state index contributed by atoms with van der Waals surface area (Å²) in [6.07, 6.45) is 3.41. The molecule has 0 radical (unpaired) electrons.